The van der Waals surface area contributed by atoms with Gasteiger partial charge >= 0.3 is 7.12 Å². The van der Waals surface area contributed by atoms with E-state index in [0.717, 1.165) is 11.1 Å². The van der Waals surface area contributed by atoms with Crippen molar-refractivity contribution in [2.24, 2.45) is 0 Å². The second-order valence-corrected chi connectivity index (χ2v) is 12.4. The Balaban J connectivity index is 1.84. The molecule has 2 atom stereocenters. The molecule has 0 radical (unpaired) electrons. The highest BCUT2D eigenvalue weighted by Gasteiger charge is 2.30. The van der Waals surface area contributed by atoms with E-state index in [4.69, 9.17) is 23.2 Å². The molecule has 0 aliphatic heterocycles. The summed E-state index contributed by atoms with van der Waals surface area (Å²) in [5, 5.41) is 38.2. The molecule has 0 heterocycles. The third-order valence-corrected chi connectivity index (χ3v) is 7.18. The van der Waals surface area contributed by atoms with Gasteiger partial charge in [-0.25, -0.2) is 0 Å². The van der Waals surface area contributed by atoms with Gasteiger partial charge < -0.3 is 26.0 Å². The summed E-state index contributed by atoms with van der Waals surface area (Å²) in [7, 11) is -1.86. The van der Waals surface area contributed by atoms with Crippen LogP contribution in [0.2, 0.25) is 10.0 Å². The highest BCUT2D eigenvalue weighted by atomic mass is 35.5. The fourth-order valence-electron chi connectivity index (χ4n) is 4.43. The van der Waals surface area contributed by atoms with Crippen LogP contribution < -0.4 is 16.0 Å². The summed E-state index contributed by atoms with van der Waals surface area (Å²) in [6, 6.07) is 21.4. The number of benzene rings is 3. The van der Waals surface area contributed by atoms with Gasteiger partial charge in [0.1, 0.15) is 17.7 Å². The lowest BCUT2D eigenvalue weighted by atomic mass is 9.75. The van der Waals surface area contributed by atoms with E-state index >= 15 is 0 Å². The van der Waals surface area contributed by atoms with Gasteiger partial charge in [0.15, 0.2) is 0 Å². The second-order valence-electron chi connectivity index (χ2n) is 11.5. The quantitative estimate of drug-likeness (QED) is 0.112. The van der Waals surface area contributed by atoms with E-state index in [-0.39, 0.29) is 34.0 Å². The Bertz CT molecular complexity index is 1590. The first kappa shape index (κ1) is 35.3. The molecule has 12 heteroatoms. The van der Waals surface area contributed by atoms with Crippen LogP contribution in [0.5, 0.6) is 0 Å². The van der Waals surface area contributed by atoms with Gasteiger partial charge in [0.05, 0.1) is 16.5 Å². The van der Waals surface area contributed by atoms with Gasteiger partial charge in [-0.3, -0.25) is 14.4 Å². The number of hydrogen-bond acceptors (Lipinski definition) is 6. The molecule has 0 spiro atoms. The van der Waals surface area contributed by atoms with Crippen LogP contribution in [0.25, 0.3) is 6.08 Å². The lowest BCUT2D eigenvalue weighted by Crippen LogP contribution is -2.54. The third kappa shape index (κ3) is 11.4. The number of carbonyl (C=O) groups is 3. The predicted molar refractivity (Wildman–Crippen MR) is 176 cm³/mol. The largest absolute Gasteiger partial charge is 0.475 e. The van der Waals surface area contributed by atoms with Crippen molar-refractivity contribution in [3.63, 3.8) is 0 Å². The predicted octanol–water partition coefficient (Wildman–Crippen LogP) is 4.29. The number of hydrogen-bond donors (Lipinski definition) is 5. The number of rotatable bonds is 12. The van der Waals surface area contributed by atoms with Crippen LogP contribution in [0, 0.1) is 11.3 Å². The zero-order valence-corrected chi connectivity index (χ0v) is 26.7. The number of halogens is 2. The zero-order valence-electron chi connectivity index (χ0n) is 25.2. The average Bonchev–Trinajstić information content (AvgIpc) is 2.98. The van der Waals surface area contributed by atoms with Crippen molar-refractivity contribution in [1.29, 1.82) is 5.26 Å². The molecule has 3 aromatic rings. The fourth-order valence-corrected chi connectivity index (χ4v) is 4.81. The maximum absolute atomic E-state index is 13.5. The number of nitrogens with one attached hydrogen (secondary N) is 3. The van der Waals surface area contributed by atoms with E-state index in [1.54, 1.807) is 42.5 Å². The Morgan fingerprint density at radius 1 is 0.956 bits per heavy atom. The summed E-state index contributed by atoms with van der Waals surface area (Å²) in [4.78, 5) is 39.3. The molecule has 2 unspecified atom stereocenters. The van der Waals surface area contributed by atoms with Gasteiger partial charge in [-0.05, 0) is 81.0 Å². The van der Waals surface area contributed by atoms with Gasteiger partial charge in [-0.15, -0.1) is 0 Å². The highest BCUT2D eigenvalue weighted by molar-refractivity contribution is 6.43. The van der Waals surface area contributed by atoms with Crippen LogP contribution in [0.4, 0.5) is 0 Å². The van der Waals surface area contributed by atoms with Crippen LogP contribution >= 0.6 is 23.2 Å². The Morgan fingerprint density at radius 2 is 1.64 bits per heavy atom. The van der Waals surface area contributed by atoms with Gasteiger partial charge in [0, 0.05) is 10.6 Å². The topological polar surface area (TPSA) is 152 Å². The van der Waals surface area contributed by atoms with E-state index in [2.05, 4.69) is 16.0 Å². The molecule has 0 aliphatic rings. The van der Waals surface area contributed by atoms with Crippen LogP contribution in [0.1, 0.15) is 54.2 Å². The molecule has 0 aromatic heterocycles. The van der Waals surface area contributed by atoms with Crippen molar-refractivity contribution < 1.29 is 24.4 Å². The molecule has 0 fully saturated rings. The normalized spacial score (nSPS) is 12.8. The molecule has 45 heavy (non-hydrogen) atoms. The number of nitriles is 1. The lowest BCUT2D eigenvalue weighted by Gasteiger charge is -2.23. The number of aryl methyl sites for hydroxylation is 1. The fraction of sp³-hybridized carbons (Fsp3) is 0.273. The summed E-state index contributed by atoms with van der Waals surface area (Å²) < 4.78 is 0. The molecule has 0 saturated carbocycles. The van der Waals surface area contributed by atoms with Crippen molar-refractivity contribution in [2.45, 2.75) is 57.6 Å². The molecule has 0 bridgehead atoms. The molecule has 3 rings (SSSR count). The van der Waals surface area contributed by atoms with Crippen LogP contribution in [0.3, 0.4) is 0 Å². The van der Waals surface area contributed by atoms with Crippen LogP contribution in [-0.4, -0.2) is 52.4 Å². The SMILES string of the molecule is CC(C)(C)NC(=O)C(C#N)=Cc1cccc(CCC(NC(=O)c2cc(Cl)ccc2Cl)C(=O)NC(Cc2ccccc2)B(O)O)c1. The van der Waals surface area contributed by atoms with E-state index < -0.39 is 42.4 Å². The van der Waals surface area contributed by atoms with Crippen molar-refractivity contribution in [3.8, 4) is 6.07 Å². The first-order chi connectivity index (χ1) is 21.3. The summed E-state index contributed by atoms with van der Waals surface area (Å²) >= 11 is 12.3. The Hall–Kier alpha value is -4.14. The molecule has 9 nitrogen and oxygen atoms in total. The van der Waals surface area contributed by atoms with E-state index in [1.807, 2.05) is 39.0 Å². The zero-order chi connectivity index (χ0) is 33.1. The molecule has 3 aromatic carbocycles. The van der Waals surface area contributed by atoms with Crippen molar-refractivity contribution >= 4 is 54.1 Å². The van der Waals surface area contributed by atoms with E-state index in [9.17, 15) is 29.7 Å². The third-order valence-electron chi connectivity index (χ3n) is 6.62. The van der Waals surface area contributed by atoms with Crippen molar-refractivity contribution in [1.82, 2.24) is 16.0 Å². The first-order valence-corrected chi connectivity index (χ1v) is 15.0. The number of nitrogens with zero attached hydrogens (tertiary/aromatic N) is 1. The Morgan fingerprint density at radius 3 is 2.29 bits per heavy atom. The second kappa shape index (κ2) is 16.3. The highest BCUT2D eigenvalue weighted by Crippen LogP contribution is 2.21. The van der Waals surface area contributed by atoms with E-state index in [0.29, 0.717) is 12.0 Å². The minimum Gasteiger partial charge on any atom is -0.426 e. The maximum atomic E-state index is 13.5. The maximum Gasteiger partial charge on any atom is 0.475 e. The number of carbonyl (C=O) groups excluding carboxylic acids is 3. The van der Waals surface area contributed by atoms with Crippen LogP contribution in [-0.2, 0) is 22.4 Å². The van der Waals surface area contributed by atoms with Gasteiger partial charge in [-0.1, -0.05) is 77.8 Å². The molecule has 5 N–H and O–H groups in total. The summed E-state index contributed by atoms with van der Waals surface area (Å²) in [5.74, 6) is -2.80. The van der Waals surface area contributed by atoms with Gasteiger partial charge in [0.25, 0.3) is 11.8 Å². The molecule has 3 amide bonds. The minimum absolute atomic E-state index is 0.0583. The average molecular weight is 649 g/mol. The van der Waals surface area contributed by atoms with E-state index in [1.165, 1.54) is 24.3 Å². The monoisotopic (exact) mass is 648 g/mol. The molecular weight excluding hydrogens is 614 g/mol. The summed E-state index contributed by atoms with van der Waals surface area (Å²) in [6.07, 6.45) is 2.06. The summed E-state index contributed by atoms with van der Waals surface area (Å²) in [6.45, 7) is 5.45. The molecule has 0 aliphatic carbocycles. The molecule has 234 valence electrons. The summed E-state index contributed by atoms with van der Waals surface area (Å²) in [5.41, 5.74) is 1.66. The smallest absolute Gasteiger partial charge is 0.426 e. The van der Waals surface area contributed by atoms with Gasteiger partial charge in [0.2, 0.25) is 5.91 Å². The first-order valence-electron chi connectivity index (χ1n) is 14.3. The minimum atomic E-state index is -1.86. The van der Waals surface area contributed by atoms with Crippen LogP contribution in [0.15, 0.2) is 78.4 Å². The van der Waals surface area contributed by atoms with Crippen molar-refractivity contribution in [2.75, 3.05) is 0 Å². The molecule has 0 saturated heterocycles. The standard InChI is InChI=1S/C33H35BCl2N4O5/c1-33(2,3)40-30(41)24(20-37)17-23-11-7-10-22(16-23)12-15-28(38-31(42)26-19-25(35)13-14-27(26)36)32(43)39-29(34(44)45)18-21-8-5-4-6-9-21/h4-11,13-14,16-17,19,28-29,44-45H,12,15,18H2,1-3H3,(H,38,42)(H,39,43)(H,40,41). The Kier molecular flexibility index (Phi) is 12.8. The Labute approximate surface area is 273 Å². The van der Waals surface area contributed by atoms with Crippen molar-refractivity contribution in [3.05, 3.63) is 111 Å². The number of amides is 3. The lowest BCUT2D eigenvalue weighted by molar-refractivity contribution is -0.123. The van der Waals surface area contributed by atoms with Gasteiger partial charge in [-0.2, -0.15) is 5.26 Å². The molecular formula is C33H35BCl2N4O5.